The van der Waals surface area contributed by atoms with Crippen LogP contribution in [-0.2, 0) is 11.3 Å². The molecule has 8 heteroatoms. The van der Waals surface area contributed by atoms with Crippen LogP contribution in [0.15, 0.2) is 47.5 Å². The normalized spacial score (nSPS) is 15.4. The lowest BCUT2D eigenvalue weighted by Gasteiger charge is -2.17. The number of anilines is 1. The summed E-state index contributed by atoms with van der Waals surface area (Å²) in [6.45, 7) is 6.22. The van der Waals surface area contributed by atoms with Crippen LogP contribution in [0, 0.1) is 6.92 Å². The smallest absolute Gasteiger partial charge is 0.224 e. The van der Waals surface area contributed by atoms with Gasteiger partial charge in [-0.3, -0.25) is 4.79 Å². The monoisotopic (exact) mass is 564 g/mol. The number of nitrogens with one attached hydrogen (secondary N) is 2. The quantitative estimate of drug-likeness (QED) is 0.310. The number of halogens is 1. The lowest BCUT2D eigenvalue weighted by molar-refractivity contribution is -0.129. The predicted molar refractivity (Wildman–Crippen MR) is 142 cm³/mol. The molecule has 0 aliphatic carbocycles. The Balaban J connectivity index is 0.00000306. The number of likely N-dealkylation sites (tertiary alicyclic amines) is 1. The van der Waals surface area contributed by atoms with Crippen LogP contribution in [0.25, 0.3) is 0 Å². The van der Waals surface area contributed by atoms with Gasteiger partial charge in [0.15, 0.2) is 17.5 Å². The van der Waals surface area contributed by atoms with Gasteiger partial charge in [0.1, 0.15) is 0 Å². The molecular weight excluding hydrogens is 531 g/mol. The molecule has 2 aliphatic heterocycles. The number of hydrogen-bond donors (Lipinski definition) is 2. The summed E-state index contributed by atoms with van der Waals surface area (Å²) < 4.78 is 11.5. The Kier molecular flexibility index (Phi) is 9.65. The van der Waals surface area contributed by atoms with E-state index in [1.165, 1.54) is 11.1 Å². The van der Waals surface area contributed by atoms with Crippen molar-refractivity contribution in [3.63, 3.8) is 0 Å². The van der Waals surface area contributed by atoms with Gasteiger partial charge in [-0.05, 0) is 43.0 Å². The third kappa shape index (κ3) is 7.25. The van der Waals surface area contributed by atoms with Gasteiger partial charge in [0.25, 0.3) is 0 Å². The summed E-state index contributed by atoms with van der Waals surface area (Å²) in [5.41, 5.74) is 3.23. The molecule has 178 valence electrons. The van der Waals surface area contributed by atoms with Crippen molar-refractivity contribution in [2.45, 2.75) is 39.2 Å². The van der Waals surface area contributed by atoms with Crippen molar-refractivity contribution < 1.29 is 14.3 Å². The summed E-state index contributed by atoms with van der Waals surface area (Å²) in [5.74, 6) is 2.33. The second-order valence-electron chi connectivity index (χ2n) is 8.19. The zero-order valence-electron chi connectivity index (χ0n) is 19.1. The molecule has 2 aromatic rings. The van der Waals surface area contributed by atoms with E-state index in [1.54, 1.807) is 0 Å². The minimum atomic E-state index is 0. The average Bonchev–Trinajstić information content (AvgIpc) is 3.24. The minimum absolute atomic E-state index is 0. The maximum absolute atomic E-state index is 12.4. The lowest BCUT2D eigenvalue weighted by atomic mass is 10.1. The molecule has 0 bridgehead atoms. The molecule has 2 N–H and O–H groups in total. The number of hydrogen-bond acceptors (Lipinski definition) is 4. The number of aliphatic imine (C=N–C) groups is 1. The first-order valence-corrected chi connectivity index (χ1v) is 11.5. The van der Waals surface area contributed by atoms with Crippen LogP contribution in [0.3, 0.4) is 0 Å². The van der Waals surface area contributed by atoms with E-state index in [0.29, 0.717) is 38.7 Å². The number of carbonyl (C=O) groups is 1. The molecule has 0 saturated carbocycles. The maximum Gasteiger partial charge on any atom is 0.224 e. The van der Waals surface area contributed by atoms with Gasteiger partial charge < -0.3 is 25.0 Å². The van der Waals surface area contributed by atoms with Gasteiger partial charge in [-0.1, -0.05) is 24.3 Å². The van der Waals surface area contributed by atoms with E-state index in [4.69, 9.17) is 14.5 Å². The molecule has 1 fully saturated rings. The molecule has 0 unspecified atom stereocenters. The maximum atomic E-state index is 12.4. The first kappa shape index (κ1) is 25.1. The van der Waals surface area contributed by atoms with Gasteiger partial charge in [-0.25, -0.2) is 4.99 Å². The number of amides is 1. The highest BCUT2D eigenvalue weighted by atomic mass is 127. The van der Waals surface area contributed by atoms with E-state index in [-0.39, 0.29) is 29.9 Å². The predicted octanol–water partition coefficient (Wildman–Crippen LogP) is 4.34. The molecule has 7 nitrogen and oxygen atoms in total. The SMILES string of the molecule is Cc1ccccc1CN=C(NCCC(=O)N1CCCC1)Nc1ccc2c(c1)OCCCO2.I. The summed E-state index contributed by atoms with van der Waals surface area (Å²) in [4.78, 5) is 19.1. The van der Waals surface area contributed by atoms with Crippen molar-refractivity contribution >= 4 is 41.5 Å². The van der Waals surface area contributed by atoms with E-state index in [2.05, 4.69) is 29.7 Å². The van der Waals surface area contributed by atoms with E-state index in [9.17, 15) is 4.79 Å². The minimum Gasteiger partial charge on any atom is -0.490 e. The highest BCUT2D eigenvalue weighted by Gasteiger charge is 2.17. The van der Waals surface area contributed by atoms with E-state index >= 15 is 0 Å². The summed E-state index contributed by atoms with van der Waals surface area (Å²) in [6, 6.07) is 14.0. The van der Waals surface area contributed by atoms with Crippen molar-refractivity contribution in [2.75, 3.05) is 38.2 Å². The third-order valence-electron chi connectivity index (χ3n) is 5.77. The van der Waals surface area contributed by atoms with Gasteiger partial charge in [0, 0.05) is 44.2 Å². The number of aryl methyl sites for hydroxylation is 1. The van der Waals surface area contributed by atoms with Crippen molar-refractivity contribution in [1.29, 1.82) is 0 Å². The topological polar surface area (TPSA) is 75.2 Å². The van der Waals surface area contributed by atoms with Crippen molar-refractivity contribution in [2.24, 2.45) is 4.99 Å². The highest BCUT2D eigenvalue weighted by Crippen LogP contribution is 2.32. The van der Waals surface area contributed by atoms with Crippen LogP contribution in [-0.4, -0.2) is 49.6 Å². The largest absolute Gasteiger partial charge is 0.490 e. The number of benzene rings is 2. The first-order chi connectivity index (χ1) is 15.7. The summed E-state index contributed by atoms with van der Waals surface area (Å²) in [6.07, 6.45) is 3.53. The van der Waals surface area contributed by atoms with Gasteiger partial charge in [-0.2, -0.15) is 0 Å². The molecule has 2 aliphatic rings. The van der Waals surface area contributed by atoms with Crippen LogP contribution in [0.5, 0.6) is 11.5 Å². The Morgan fingerprint density at radius 2 is 1.79 bits per heavy atom. The molecule has 1 amide bonds. The Morgan fingerprint density at radius 3 is 2.58 bits per heavy atom. The second-order valence-corrected chi connectivity index (χ2v) is 8.19. The molecule has 33 heavy (non-hydrogen) atoms. The van der Waals surface area contributed by atoms with Crippen LogP contribution in [0.2, 0.25) is 0 Å². The number of nitrogens with zero attached hydrogens (tertiary/aromatic N) is 2. The molecule has 0 aromatic heterocycles. The molecule has 0 atom stereocenters. The Hall–Kier alpha value is -2.49. The number of ether oxygens (including phenoxy) is 2. The summed E-state index contributed by atoms with van der Waals surface area (Å²) in [7, 11) is 0. The zero-order valence-corrected chi connectivity index (χ0v) is 21.5. The van der Waals surface area contributed by atoms with Crippen molar-refractivity contribution in [1.82, 2.24) is 10.2 Å². The number of guanidine groups is 1. The third-order valence-corrected chi connectivity index (χ3v) is 5.77. The fourth-order valence-corrected chi connectivity index (χ4v) is 3.88. The number of fused-ring (bicyclic) bond motifs is 1. The fourth-order valence-electron chi connectivity index (χ4n) is 3.88. The Bertz CT molecular complexity index is 960. The van der Waals surface area contributed by atoms with Crippen molar-refractivity contribution in [3.05, 3.63) is 53.6 Å². The molecular formula is C25H33IN4O3. The van der Waals surface area contributed by atoms with Crippen LogP contribution >= 0.6 is 24.0 Å². The first-order valence-electron chi connectivity index (χ1n) is 11.5. The molecule has 1 saturated heterocycles. The van der Waals surface area contributed by atoms with Gasteiger partial charge in [0.05, 0.1) is 19.8 Å². The van der Waals surface area contributed by atoms with E-state index < -0.39 is 0 Å². The summed E-state index contributed by atoms with van der Waals surface area (Å²) in [5, 5.41) is 6.69. The molecule has 0 spiro atoms. The van der Waals surface area contributed by atoms with Crippen molar-refractivity contribution in [3.8, 4) is 11.5 Å². The molecule has 4 rings (SSSR count). The molecule has 2 heterocycles. The molecule has 0 radical (unpaired) electrons. The highest BCUT2D eigenvalue weighted by molar-refractivity contribution is 14.0. The average molecular weight is 564 g/mol. The molecule has 2 aromatic carbocycles. The summed E-state index contributed by atoms with van der Waals surface area (Å²) >= 11 is 0. The fraction of sp³-hybridized carbons (Fsp3) is 0.440. The van der Waals surface area contributed by atoms with Crippen LogP contribution < -0.4 is 20.1 Å². The van der Waals surface area contributed by atoms with Crippen LogP contribution in [0.4, 0.5) is 5.69 Å². The Morgan fingerprint density at radius 1 is 1.03 bits per heavy atom. The zero-order chi connectivity index (χ0) is 22.2. The van der Waals surface area contributed by atoms with Crippen LogP contribution in [0.1, 0.15) is 36.8 Å². The van der Waals surface area contributed by atoms with E-state index in [1.807, 2.05) is 35.2 Å². The number of carbonyl (C=O) groups excluding carboxylic acids is 1. The van der Waals surface area contributed by atoms with Gasteiger partial charge in [-0.15, -0.1) is 24.0 Å². The number of rotatable bonds is 6. The Labute approximate surface area is 213 Å². The second kappa shape index (κ2) is 12.7. The lowest BCUT2D eigenvalue weighted by Crippen LogP contribution is -2.35. The van der Waals surface area contributed by atoms with Gasteiger partial charge in [0.2, 0.25) is 5.91 Å². The van der Waals surface area contributed by atoms with Gasteiger partial charge >= 0.3 is 0 Å². The van der Waals surface area contributed by atoms with E-state index in [0.717, 1.165) is 49.5 Å². The standard InChI is InChI=1S/C25H32N4O3.HI/c1-19-7-2-3-8-20(19)18-27-25(26-12-11-24(30)29-13-4-5-14-29)28-21-9-10-22-23(17-21)32-16-6-15-31-22;/h2-3,7-10,17H,4-6,11-16,18H2,1H3,(H2,26,27,28);1H.